The normalized spacial score (nSPS) is 11.6. The van der Waals surface area contributed by atoms with Crippen molar-refractivity contribution in [2.75, 3.05) is 6.61 Å². The lowest BCUT2D eigenvalue weighted by Gasteiger charge is -2.15. The first-order valence-electron chi connectivity index (χ1n) is 14.2. The number of carbonyl (C=O) groups is 2. The van der Waals surface area contributed by atoms with Gasteiger partial charge in [-0.25, -0.2) is 14.8 Å². The molecule has 1 unspecified atom stereocenters. The number of hydrogen-bond donors (Lipinski definition) is 2. The maximum atomic E-state index is 12.6. The molecular formula is C34H37N3O4. The summed E-state index contributed by atoms with van der Waals surface area (Å²) < 4.78 is 5.86. The van der Waals surface area contributed by atoms with Crippen LogP contribution in [-0.2, 0) is 11.2 Å². The molecule has 0 saturated carbocycles. The molecule has 0 aliphatic carbocycles. The minimum atomic E-state index is -1.09. The Morgan fingerprint density at radius 1 is 0.854 bits per heavy atom. The summed E-state index contributed by atoms with van der Waals surface area (Å²) in [5.74, 6) is -0.0604. The van der Waals surface area contributed by atoms with Crippen LogP contribution >= 0.6 is 0 Å². The summed E-state index contributed by atoms with van der Waals surface area (Å²) >= 11 is 0. The third-order valence-electron chi connectivity index (χ3n) is 6.89. The van der Waals surface area contributed by atoms with Crippen molar-refractivity contribution in [3.8, 4) is 28.3 Å². The Morgan fingerprint density at radius 2 is 1.54 bits per heavy atom. The zero-order valence-corrected chi connectivity index (χ0v) is 23.7. The fourth-order valence-electron chi connectivity index (χ4n) is 4.52. The number of ether oxygens (including phenoxy) is 1. The Morgan fingerprint density at radius 3 is 2.20 bits per heavy atom. The van der Waals surface area contributed by atoms with Gasteiger partial charge in [-0.05, 0) is 48.7 Å². The van der Waals surface area contributed by atoms with E-state index in [1.54, 1.807) is 30.6 Å². The summed E-state index contributed by atoms with van der Waals surface area (Å²) in [7, 11) is 0. The lowest BCUT2D eigenvalue weighted by molar-refractivity contribution is -0.139. The van der Waals surface area contributed by atoms with Crippen LogP contribution in [0.25, 0.3) is 22.5 Å². The van der Waals surface area contributed by atoms with Crippen LogP contribution in [0.3, 0.4) is 0 Å². The molecule has 1 heterocycles. The van der Waals surface area contributed by atoms with E-state index in [4.69, 9.17) is 4.74 Å². The van der Waals surface area contributed by atoms with E-state index in [1.165, 1.54) is 25.7 Å². The van der Waals surface area contributed by atoms with Crippen molar-refractivity contribution in [2.24, 2.45) is 0 Å². The van der Waals surface area contributed by atoms with Crippen LogP contribution in [0.4, 0.5) is 0 Å². The molecule has 0 radical (unpaired) electrons. The molecule has 0 aliphatic heterocycles. The van der Waals surface area contributed by atoms with Gasteiger partial charge in [0.2, 0.25) is 0 Å². The second-order valence-electron chi connectivity index (χ2n) is 10.2. The van der Waals surface area contributed by atoms with Gasteiger partial charge in [0.25, 0.3) is 5.91 Å². The number of aliphatic carboxylic acids is 1. The molecule has 4 rings (SSSR count). The number of hydrogen-bond acceptors (Lipinski definition) is 5. The van der Waals surface area contributed by atoms with Crippen LogP contribution in [0, 0.1) is 6.92 Å². The van der Waals surface area contributed by atoms with E-state index < -0.39 is 17.9 Å². The molecule has 41 heavy (non-hydrogen) atoms. The molecule has 0 spiro atoms. The molecule has 212 valence electrons. The zero-order valence-electron chi connectivity index (χ0n) is 23.7. The largest absolute Gasteiger partial charge is 0.494 e. The lowest BCUT2D eigenvalue weighted by atomic mass is 10.0. The van der Waals surface area contributed by atoms with E-state index in [9.17, 15) is 14.7 Å². The van der Waals surface area contributed by atoms with Gasteiger partial charge in [0.1, 0.15) is 11.8 Å². The predicted molar refractivity (Wildman–Crippen MR) is 161 cm³/mol. The van der Waals surface area contributed by atoms with Crippen LogP contribution in [0.1, 0.15) is 60.5 Å². The first-order valence-corrected chi connectivity index (χ1v) is 14.2. The Labute approximate surface area is 241 Å². The van der Waals surface area contributed by atoms with Crippen molar-refractivity contribution < 1.29 is 19.4 Å². The standard InChI is InChI=1S/C34H37N3O4/c1-3-4-5-6-7-19-41-30-17-15-26(16-18-30)29-22-35-32(36-23-29)27-13-11-25(12-14-27)21-31(34(39)40)37-33(38)28-10-8-9-24(2)20-28/h8-18,20,22-23,31H,3-7,19,21H2,1-2H3,(H,37,38)(H,39,40). The number of nitrogens with zero attached hydrogens (tertiary/aromatic N) is 2. The lowest BCUT2D eigenvalue weighted by Crippen LogP contribution is -2.42. The first-order chi connectivity index (χ1) is 19.9. The third-order valence-corrected chi connectivity index (χ3v) is 6.89. The summed E-state index contributed by atoms with van der Waals surface area (Å²) in [6.07, 6.45) is 9.81. The molecule has 1 aromatic heterocycles. The molecule has 0 fully saturated rings. The fraction of sp³-hybridized carbons (Fsp3) is 0.294. The van der Waals surface area contributed by atoms with Crippen molar-refractivity contribution in [3.05, 3.63) is 102 Å². The average molecular weight is 552 g/mol. The number of amides is 1. The second-order valence-corrected chi connectivity index (χ2v) is 10.2. The van der Waals surface area contributed by atoms with E-state index >= 15 is 0 Å². The minimum Gasteiger partial charge on any atom is -0.494 e. The Hall–Kier alpha value is -4.52. The Bertz CT molecular complexity index is 1420. The maximum Gasteiger partial charge on any atom is 0.326 e. The van der Waals surface area contributed by atoms with Crippen LogP contribution in [0.15, 0.2) is 85.2 Å². The van der Waals surface area contributed by atoms with Gasteiger partial charge in [0, 0.05) is 35.5 Å². The highest BCUT2D eigenvalue weighted by molar-refractivity contribution is 5.96. The first kappa shape index (κ1) is 29.5. The quantitative estimate of drug-likeness (QED) is 0.165. The smallest absolute Gasteiger partial charge is 0.326 e. The van der Waals surface area contributed by atoms with E-state index in [0.29, 0.717) is 11.4 Å². The minimum absolute atomic E-state index is 0.158. The fourth-order valence-corrected chi connectivity index (χ4v) is 4.52. The zero-order chi connectivity index (χ0) is 29.0. The summed E-state index contributed by atoms with van der Waals surface area (Å²) in [4.78, 5) is 33.5. The number of carboxylic acid groups (broad SMARTS) is 1. The molecule has 0 bridgehead atoms. The van der Waals surface area contributed by atoms with Crippen LogP contribution < -0.4 is 10.1 Å². The third kappa shape index (κ3) is 8.73. The predicted octanol–water partition coefficient (Wildman–Crippen LogP) is 6.89. The van der Waals surface area contributed by atoms with E-state index in [-0.39, 0.29) is 6.42 Å². The molecule has 0 aliphatic rings. The summed E-state index contributed by atoms with van der Waals surface area (Å²) in [6, 6.07) is 21.4. The van der Waals surface area contributed by atoms with Crippen LogP contribution in [0.2, 0.25) is 0 Å². The number of aromatic nitrogens is 2. The number of carboxylic acids is 1. The van der Waals surface area contributed by atoms with E-state index in [2.05, 4.69) is 22.2 Å². The number of unbranched alkanes of at least 4 members (excludes halogenated alkanes) is 4. The van der Waals surface area contributed by atoms with Gasteiger partial charge in [0.15, 0.2) is 5.82 Å². The van der Waals surface area contributed by atoms with Crippen molar-refractivity contribution in [3.63, 3.8) is 0 Å². The molecular weight excluding hydrogens is 514 g/mol. The monoisotopic (exact) mass is 551 g/mol. The van der Waals surface area contributed by atoms with Crippen LogP contribution in [0.5, 0.6) is 5.75 Å². The highest BCUT2D eigenvalue weighted by Gasteiger charge is 2.21. The van der Waals surface area contributed by atoms with Gasteiger partial charge >= 0.3 is 5.97 Å². The summed E-state index contributed by atoms with van der Waals surface area (Å²) in [6.45, 7) is 4.83. The summed E-state index contributed by atoms with van der Waals surface area (Å²) in [5, 5.41) is 12.3. The van der Waals surface area contributed by atoms with E-state index in [0.717, 1.165) is 46.6 Å². The highest BCUT2D eigenvalue weighted by Crippen LogP contribution is 2.24. The molecule has 0 saturated heterocycles. The highest BCUT2D eigenvalue weighted by atomic mass is 16.5. The molecule has 2 N–H and O–H groups in total. The molecule has 3 aromatic carbocycles. The Balaban J connectivity index is 1.33. The topological polar surface area (TPSA) is 101 Å². The van der Waals surface area contributed by atoms with Gasteiger partial charge < -0.3 is 15.2 Å². The number of benzene rings is 3. The Kier molecular flexibility index (Phi) is 10.6. The average Bonchev–Trinajstić information content (AvgIpc) is 2.99. The van der Waals surface area contributed by atoms with Gasteiger partial charge in [-0.1, -0.05) is 86.7 Å². The van der Waals surface area contributed by atoms with E-state index in [1.807, 2.05) is 61.5 Å². The molecule has 4 aromatic rings. The van der Waals surface area contributed by atoms with Gasteiger partial charge in [0.05, 0.1) is 6.61 Å². The van der Waals surface area contributed by atoms with Crippen molar-refractivity contribution in [1.82, 2.24) is 15.3 Å². The van der Waals surface area contributed by atoms with Gasteiger partial charge in [-0.2, -0.15) is 0 Å². The van der Waals surface area contributed by atoms with Crippen molar-refractivity contribution in [2.45, 2.75) is 58.4 Å². The maximum absolute atomic E-state index is 12.6. The second kappa shape index (κ2) is 14.7. The van der Waals surface area contributed by atoms with Gasteiger partial charge in [-0.15, -0.1) is 0 Å². The van der Waals surface area contributed by atoms with Crippen molar-refractivity contribution in [1.29, 1.82) is 0 Å². The SMILES string of the molecule is CCCCCCCOc1ccc(-c2cnc(-c3ccc(CC(NC(=O)c4cccc(C)c4)C(=O)O)cc3)nc2)cc1. The molecule has 7 nitrogen and oxygen atoms in total. The molecule has 1 atom stereocenters. The number of aryl methyl sites for hydroxylation is 1. The molecule has 7 heteroatoms. The number of nitrogens with one attached hydrogen (secondary N) is 1. The summed E-state index contributed by atoms with van der Waals surface area (Å²) in [5.41, 5.74) is 4.88. The van der Waals surface area contributed by atoms with Crippen molar-refractivity contribution >= 4 is 11.9 Å². The number of carbonyl (C=O) groups excluding carboxylic acids is 1. The van der Waals surface area contributed by atoms with Gasteiger partial charge in [-0.3, -0.25) is 4.79 Å². The number of rotatable bonds is 14. The molecule has 1 amide bonds. The van der Waals surface area contributed by atoms with Crippen LogP contribution in [-0.4, -0.2) is 39.6 Å².